The number of furan rings is 1. The second kappa shape index (κ2) is 11.4. The number of ether oxygens (including phenoxy) is 2. The van der Waals surface area contributed by atoms with Gasteiger partial charge in [0.25, 0.3) is 0 Å². The first-order valence-electron chi connectivity index (χ1n) is 12.3. The summed E-state index contributed by atoms with van der Waals surface area (Å²) in [5.41, 5.74) is 9.57. The van der Waals surface area contributed by atoms with Crippen LogP contribution in [0.3, 0.4) is 0 Å². The van der Waals surface area contributed by atoms with Gasteiger partial charge in [0, 0.05) is 40.6 Å². The minimum atomic E-state index is -0.346. The number of rotatable bonds is 10. The van der Waals surface area contributed by atoms with E-state index in [0.717, 1.165) is 28.7 Å². The summed E-state index contributed by atoms with van der Waals surface area (Å²) in [5, 5.41) is 0.888. The monoisotopic (exact) mass is 489 g/mol. The number of halogens is 1. The highest BCUT2D eigenvalue weighted by atomic mass is 19.1. The van der Waals surface area contributed by atoms with E-state index in [9.17, 15) is 4.79 Å². The second-order valence-corrected chi connectivity index (χ2v) is 9.23. The SMILES string of the molecule is CCOC(=O)Cc1ccccc1OCc1cc(-c2cccc(CN)c2F)c2oc(CC(C)C)cc2c1. The van der Waals surface area contributed by atoms with Gasteiger partial charge in [-0.3, -0.25) is 4.79 Å². The first kappa shape index (κ1) is 25.5. The molecule has 0 spiro atoms. The largest absolute Gasteiger partial charge is 0.489 e. The predicted octanol–water partition coefficient (Wildman–Crippen LogP) is 6.58. The van der Waals surface area contributed by atoms with E-state index in [4.69, 9.17) is 19.6 Å². The normalized spacial score (nSPS) is 11.3. The molecule has 1 aromatic heterocycles. The average molecular weight is 490 g/mol. The second-order valence-electron chi connectivity index (χ2n) is 9.23. The van der Waals surface area contributed by atoms with Crippen LogP contribution in [0.5, 0.6) is 5.75 Å². The molecule has 0 amide bonds. The molecule has 188 valence electrons. The van der Waals surface area contributed by atoms with Crippen LogP contribution in [-0.4, -0.2) is 12.6 Å². The summed E-state index contributed by atoms with van der Waals surface area (Å²) < 4.78 is 32.8. The van der Waals surface area contributed by atoms with Gasteiger partial charge in [0.1, 0.15) is 29.5 Å². The van der Waals surface area contributed by atoms with E-state index in [2.05, 4.69) is 13.8 Å². The summed E-state index contributed by atoms with van der Waals surface area (Å²) in [4.78, 5) is 12.0. The van der Waals surface area contributed by atoms with Crippen molar-refractivity contribution in [3.05, 3.63) is 88.9 Å². The quantitative estimate of drug-likeness (QED) is 0.255. The van der Waals surface area contributed by atoms with E-state index >= 15 is 4.39 Å². The van der Waals surface area contributed by atoms with Gasteiger partial charge in [-0.1, -0.05) is 50.2 Å². The van der Waals surface area contributed by atoms with E-state index in [-0.39, 0.29) is 31.4 Å². The molecule has 0 radical (unpaired) electrons. The van der Waals surface area contributed by atoms with Crippen LogP contribution in [0.4, 0.5) is 4.39 Å². The van der Waals surface area contributed by atoms with Crippen molar-refractivity contribution in [1.29, 1.82) is 0 Å². The summed E-state index contributed by atoms with van der Waals surface area (Å²) >= 11 is 0. The molecule has 0 fully saturated rings. The van der Waals surface area contributed by atoms with Crippen LogP contribution < -0.4 is 10.5 Å². The zero-order valence-electron chi connectivity index (χ0n) is 21.0. The van der Waals surface area contributed by atoms with Crippen molar-refractivity contribution in [2.45, 2.75) is 46.8 Å². The molecule has 0 bridgehead atoms. The predicted molar refractivity (Wildman–Crippen MR) is 139 cm³/mol. The Morgan fingerprint density at radius 1 is 1.03 bits per heavy atom. The van der Waals surface area contributed by atoms with Crippen molar-refractivity contribution in [2.24, 2.45) is 11.7 Å². The highest BCUT2D eigenvalue weighted by Gasteiger charge is 2.18. The molecule has 4 aromatic rings. The molecule has 0 aliphatic carbocycles. The third kappa shape index (κ3) is 5.77. The standard InChI is InChI=1S/C30H32FNO4/c1-4-34-28(33)16-21-8-5-6-11-27(21)35-18-20-13-23-15-24(12-19(2)3)36-30(23)26(14-20)25-10-7-9-22(17-32)29(25)31/h5-11,13-15,19H,4,12,16-18,32H2,1-3H3. The van der Waals surface area contributed by atoms with E-state index in [1.807, 2.05) is 42.5 Å². The van der Waals surface area contributed by atoms with Crippen LogP contribution in [0.15, 0.2) is 65.1 Å². The highest BCUT2D eigenvalue weighted by molar-refractivity contribution is 5.94. The summed E-state index contributed by atoms with van der Waals surface area (Å²) in [7, 11) is 0. The third-order valence-electron chi connectivity index (χ3n) is 5.93. The van der Waals surface area contributed by atoms with Gasteiger partial charge in [0.2, 0.25) is 0 Å². The molecule has 6 heteroatoms. The molecule has 1 heterocycles. The lowest BCUT2D eigenvalue weighted by atomic mass is 9.98. The lowest BCUT2D eigenvalue weighted by Gasteiger charge is -2.13. The molecule has 0 aliphatic heterocycles. The topological polar surface area (TPSA) is 74.7 Å². The lowest BCUT2D eigenvalue weighted by molar-refractivity contribution is -0.142. The lowest BCUT2D eigenvalue weighted by Crippen LogP contribution is -2.09. The molecule has 0 saturated carbocycles. The van der Waals surface area contributed by atoms with Crippen molar-refractivity contribution in [2.75, 3.05) is 6.61 Å². The number of hydrogen-bond acceptors (Lipinski definition) is 5. The van der Waals surface area contributed by atoms with E-state index in [1.54, 1.807) is 25.1 Å². The first-order valence-corrected chi connectivity index (χ1v) is 12.3. The molecule has 0 aliphatic rings. The van der Waals surface area contributed by atoms with Crippen molar-refractivity contribution < 1.29 is 23.1 Å². The maximum absolute atomic E-state index is 15.3. The van der Waals surface area contributed by atoms with Crippen LogP contribution >= 0.6 is 0 Å². The summed E-state index contributed by atoms with van der Waals surface area (Å²) in [6.45, 7) is 6.72. The first-order chi connectivity index (χ1) is 17.4. The molecule has 0 saturated heterocycles. The van der Waals surface area contributed by atoms with Crippen LogP contribution in [0.1, 0.15) is 43.2 Å². The number of benzene rings is 3. The molecular weight excluding hydrogens is 457 g/mol. The fourth-order valence-electron chi connectivity index (χ4n) is 4.32. The van der Waals surface area contributed by atoms with Crippen molar-refractivity contribution in [3.63, 3.8) is 0 Å². The molecule has 4 rings (SSSR count). The molecular formula is C30H32FNO4. The van der Waals surface area contributed by atoms with Crippen molar-refractivity contribution in [1.82, 2.24) is 0 Å². The summed E-state index contributed by atoms with van der Waals surface area (Å²) in [6.07, 6.45) is 0.915. The Balaban J connectivity index is 1.71. The van der Waals surface area contributed by atoms with Gasteiger partial charge in [0.05, 0.1) is 13.0 Å². The number of fused-ring (bicyclic) bond motifs is 1. The van der Waals surface area contributed by atoms with Gasteiger partial charge in [-0.25, -0.2) is 4.39 Å². The van der Waals surface area contributed by atoms with Crippen LogP contribution in [0, 0.1) is 11.7 Å². The van der Waals surface area contributed by atoms with Gasteiger partial charge in [-0.15, -0.1) is 0 Å². The van der Waals surface area contributed by atoms with Crippen molar-refractivity contribution >= 4 is 16.9 Å². The molecule has 36 heavy (non-hydrogen) atoms. The highest BCUT2D eigenvalue weighted by Crippen LogP contribution is 2.36. The Morgan fingerprint density at radius 3 is 2.56 bits per heavy atom. The number of para-hydroxylation sites is 1. The minimum Gasteiger partial charge on any atom is -0.489 e. The zero-order chi connectivity index (χ0) is 25.7. The number of hydrogen-bond donors (Lipinski definition) is 1. The molecule has 2 N–H and O–H groups in total. The maximum atomic E-state index is 15.3. The number of carbonyl (C=O) groups is 1. The van der Waals surface area contributed by atoms with Crippen LogP contribution in [0.25, 0.3) is 22.1 Å². The molecule has 0 atom stereocenters. The number of esters is 1. The van der Waals surface area contributed by atoms with E-state index in [1.165, 1.54) is 0 Å². The molecule has 3 aromatic carbocycles. The fourth-order valence-corrected chi connectivity index (χ4v) is 4.32. The van der Waals surface area contributed by atoms with Crippen molar-refractivity contribution in [3.8, 4) is 16.9 Å². The van der Waals surface area contributed by atoms with E-state index in [0.29, 0.717) is 40.5 Å². The van der Waals surface area contributed by atoms with Gasteiger partial charge < -0.3 is 19.6 Å². The van der Waals surface area contributed by atoms with E-state index < -0.39 is 0 Å². The van der Waals surface area contributed by atoms with Gasteiger partial charge in [-0.2, -0.15) is 0 Å². The summed E-state index contributed by atoms with van der Waals surface area (Å²) in [5.74, 6) is 1.24. The maximum Gasteiger partial charge on any atom is 0.310 e. The number of nitrogens with two attached hydrogens (primary N) is 1. The fraction of sp³-hybridized carbons (Fsp3) is 0.300. The number of carbonyl (C=O) groups excluding carboxylic acids is 1. The molecule has 5 nitrogen and oxygen atoms in total. The smallest absolute Gasteiger partial charge is 0.310 e. The van der Waals surface area contributed by atoms with Gasteiger partial charge in [0.15, 0.2) is 0 Å². The Kier molecular flexibility index (Phi) is 8.06. The van der Waals surface area contributed by atoms with Crippen LogP contribution in [0.2, 0.25) is 0 Å². The minimum absolute atomic E-state index is 0.111. The third-order valence-corrected chi connectivity index (χ3v) is 5.93. The Labute approximate surface area is 211 Å². The van der Waals surface area contributed by atoms with Crippen LogP contribution in [-0.2, 0) is 35.5 Å². The molecule has 0 unspecified atom stereocenters. The van der Waals surface area contributed by atoms with Gasteiger partial charge >= 0.3 is 5.97 Å². The average Bonchev–Trinajstić information content (AvgIpc) is 3.25. The Bertz CT molecular complexity index is 1360. The van der Waals surface area contributed by atoms with Gasteiger partial charge in [-0.05, 0) is 42.7 Å². The zero-order valence-corrected chi connectivity index (χ0v) is 21.0. The Morgan fingerprint density at radius 2 is 1.81 bits per heavy atom. The Hall–Kier alpha value is -3.64. The summed E-state index contributed by atoms with van der Waals surface area (Å²) in [6, 6.07) is 18.6.